The molecule has 23 heavy (non-hydrogen) atoms. The lowest BCUT2D eigenvalue weighted by Gasteiger charge is -2.18. The van der Waals surface area contributed by atoms with Gasteiger partial charge in [0.2, 0.25) is 0 Å². The zero-order valence-corrected chi connectivity index (χ0v) is 14.7. The molecule has 3 rings (SSSR count). The van der Waals surface area contributed by atoms with Crippen molar-refractivity contribution in [1.29, 1.82) is 0 Å². The molecule has 0 saturated carbocycles. The quantitative estimate of drug-likeness (QED) is 0.808. The SMILES string of the molecule is Cc1nc(-c2c(C)c3cccc(C)c3n2C)n(CC(C)(C)O)n1. The molecule has 0 fully saturated rings. The monoisotopic (exact) mass is 312 g/mol. The minimum Gasteiger partial charge on any atom is -0.389 e. The van der Waals surface area contributed by atoms with Crippen LogP contribution in [0.5, 0.6) is 0 Å². The molecule has 2 heterocycles. The number of hydrogen-bond acceptors (Lipinski definition) is 3. The molecular formula is C18H24N4O. The first kappa shape index (κ1) is 15.7. The third-order valence-corrected chi connectivity index (χ3v) is 4.19. The lowest BCUT2D eigenvalue weighted by molar-refractivity contribution is 0.0581. The van der Waals surface area contributed by atoms with Crippen LogP contribution >= 0.6 is 0 Å². The van der Waals surface area contributed by atoms with Crippen LogP contribution in [0.2, 0.25) is 0 Å². The van der Waals surface area contributed by atoms with Crippen LogP contribution in [0, 0.1) is 20.8 Å². The third-order valence-electron chi connectivity index (χ3n) is 4.19. The number of aromatic nitrogens is 4. The van der Waals surface area contributed by atoms with Crippen molar-refractivity contribution in [2.45, 2.75) is 46.8 Å². The third kappa shape index (κ3) is 2.65. The molecule has 0 bridgehead atoms. The fourth-order valence-corrected chi connectivity index (χ4v) is 3.32. The van der Waals surface area contributed by atoms with E-state index in [-0.39, 0.29) is 0 Å². The lowest BCUT2D eigenvalue weighted by Crippen LogP contribution is -2.27. The van der Waals surface area contributed by atoms with Gasteiger partial charge in [0.1, 0.15) is 5.82 Å². The summed E-state index contributed by atoms with van der Waals surface area (Å²) in [7, 11) is 2.07. The van der Waals surface area contributed by atoms with E-state index in [0.717, 1.165) is 11.5 Å². The largest absolute Gasteiger partial charge is 0.389 e. The smallest absolute Gasteiger partial charge is 0.175 e. The highest BCUT2D eigenvalue weighted by Gasteiger charge is 2.23. The van der Waals surface area contributed by atoms with Crippen LogP contribution in [-0.4, -0.2) is 30.0 Å². The highest BCUT2D eigenvalue weighted by Crippen LogP contribution is 2.33. The average Bonchev–Trinajstić information content (AvgIpc) is 2.88. The molecule has 1 N–H and O–H groups in total. The number of fused-ring (bicyclic) bond motifs is 1. The van der Waals surface area contributed by atoms with E-state index in [1.807, 2.05) is 11.6 Å². The number of aliphatic hydroxyl groups is 1. The molecule has 0 aliphatic rings. The van der Waals surface area contributed by atoms with Gasteiger partial charge < -0.3 is 9.67 Å². The Hall–Kier alpha value is -2.14. The molecule has 0 radical (unpaired) electrons. The molecule has 5 heteroatoms. The summed E-state index contributed by atoms with van der Waals surface area (Å²) >= 11 is 0. The van der Waals surface area contributed by atoms with Crippen molar-refractivity contribution < 1.29 is 5.11 Å². The molecule has 122 valence electrons. The number of hydrogen-bond donors (Lipinski definition) is 1. The van der Waals surface area contributed by atoms with Gasteiger partial charge in [0.15, 0.2) is 5.82 Å². The molecule has 5 nitrogen and oxygen atoms in total. The maximum atomic E-state index is 10.2. The number of aryl methyl sites for hydroxylation is 4. The molecular weight excluding hydrogens is 288 g/mol. The van der Waals surface area contributed by atoms with Crippen molar-refractivity contribution >= 4 is 10.9 Å². The van der Waals surface area contributed by atoms with Gasteiger partial charge in [0.25, 0.3) is 0 Å². The van der Waals surface area contributed by atoms with Crippen LogP contribution in [0.15, 0.2) is 18.2 Å². The summed E-state index contributed by atoms with van der Waals surface area (Å²) in [6, 6.07) is 6.35. The topological polar surface area (TPSA) is 55.9 Å². The number of nitrogens with zero attached hydrogens (tertiary/aromatic N) is 4. The van der Waals surface area contributed by atoms with E-state index in [1.165, 1.54) is 22.0 Å². The molecule has 3 aromatic rings. The second-order valence-corrected chi connectivity index (χ2v) is 6.96. The standard InChI is InChI=1S/C18H24N4O/c1-11-8-7-9-14-12(2)16(21(6)15(11)14)17-19-13(3)20-22(17)10-18(4,5)23/h7-9,23H,10H2,1-6H3. The number of rotatable bonds is 3. The lowest BCUT2D eigenvalue weighted by atomic mass is 10.1. The average molecular weight is 312 g/mol. The fourth-order valence-electron chi connectivity index (χ4n) is 3.32. The van der Waals surface area contributed by atoms with Gasteiger partial charge in [-0.25, -0.2) is 9.67 Å². The van der Waals surface area contributed by atoms with Crippen LogP contribution in [0.25, 0.3) is 22.4 Å². The maximum Gasteiger partial charge on any atom is 0.175 e. The van der Waals surface area contributed by atoms with Crippen LogP contribution in [0.1, 0.15) is 30.8 Å². The molecule has 2 aromatic heterocycles. The van der Waals surface area contributed by atoms with Gasteiger partial charge in [-0.15, -0.1) is 0 Å². The van der Waals surface area contributed by atoms with Crippen molar-refractivity contribution in [3.63, 3.8) is 0 Å². The second kappa shape index (κ2) is 5.20. The molecule has 1 aromatic carbocycles. The fraction of sp³-hybridized carbons (Fsp3) is 0.444. The van der Waals surface area contributed by atoms with Gasteiger partial charge >= 0.3 is 0 Å². The van der Waals surface area contributed by atoms with E-state index < -0.39 is 5.60 Å². The van der Waals surface area contributed by atoms with E-state index in [9.17, 15) is 5.11 Å². The second-order valence-electron chi connectivity index (χ2n) is 6.96. The first-order valence-corrected chi connectivity index (χ1v) is 7.88. The van der Waals surface area contributed by atoms with Crippen molar-refractivity contribution in [2.75, 3.05) is 0 Å². The number of benzene rings is 1. The van der Waals surface area contributed by atoms with Gasteiger partial charge in [0, 0.05) is 12.4 Å². The highest BCUT2D eigenvalue weighted by molar-refractivity contribution is 5.92. The predicted octanol–water partition coefficient (Wildman–Crippen LogP) is 3.13. The Balaban J connectivity index is 2.28. The molecule has 0 spiro atoms. The summed E-state index contributed by atoms with van der Waals surface area (Å²) in [5, 5.41) is 15.9. The van der Waals surface area contributed by atoms with E-state index in [1.54, 1.807) is 13.8 Å². The van der Waals surface area contributed by atoms with Crippen molar-refractivity contribution in [3.8, 4) is 11.5 Å². The normalized spacial score (nSPS) is 12.3. The summed E-state index contributed by atoms with van der Waals surface area (Å²) in [4.78, 5) is 4.63. The van der Waals surface area contributed by atoms with Gasteiger partial charge in [-0.3, -0.25) is 0 Å². The zero-order chi connectivity index (χ0) is 16.9. The van der Waals surface area contributed by atoms with E-state index >= 15 is 0 Å². The Morgan fingerprint density at radius 1 is 1.17 bits per heavy atom. The predicted molar refractivity (Wildman–Crippen MR) is 92.4 cm³/mol. The van der Waals surface area contributed by atoms with Gasteiger partial charge in [-0.1, -0.05) is 18.2 Å². The molecule has 0 atom stereocenters. The van der Waals surface area contributed by atoms with Crippen LogP contribution < -0.4 is 0 Å². The Morgan fingerprint density at radius 2 is 1.87 bits per heavy atom. The summed E-state index contributed by atoms with van der Waals surface area (Å²) in [5.74, 6) is 1.52. The van der Waals surface area contributed by atoms with Crippen LogP contribution in [0.4, 0.5) is 0 Å². The first-order valence-electron chi connectivity index (χ1n) is 7.88. The molecule has 0 aliphatic heterocycles. The zero-order valence-electron chi connectivity index (χ0n) is 14.7. The van der Waals surface area contributed by atoms with E-state index in [0.29, 0.717) is 12.4 Å². The minimum absolute atomic E-state index is 0.406. The van der Waals surface area contributed by atoms with E-state index in [4.69, 9.17) is 0 Å². The summed E-state index contributed by atoms with van der Waals surface area (Å²) in [6.07, 6.45) is 0. The molecule has 0 saturated heterocycles. The molecule has 0 aliphatic carbocycles. The van der Waals surface area contributed by atoms with Gasteiger partial charge in [0.05, 0.1) is 23.4 Å². The number of para-hydroxylation sites is 1. The highest BCUT2D eigenvalue weighted by atomic mass is 16.3. The summed E-state index contributed by atoms with van der Waals surface area (Å²) < 4.78 is 4.00. The Labute approximate surface area is 136 Å². The summed E-state index contributed by atoms with van der Waals surface area (Å²) in [5.41, 5.74) is 3.86. The minimum atomic E-state index is -0.844. The Morgan fingerprint density at radius 3 is 2.48 bits per heavy atom. The van der Waals surface area contributed by atoms with Crippen LogP contribution in [-0.2, 0) is 13.6 Å². The van der Waals surface area contributed by atoms with Crippen molar-refractivity contribution in [2.24, 2.45) is 7.05 Å². The Bertz CT molecular complexity index is 881. The first-order chi connectivity index (χ1) is 10.7. The molecule has 0 amide bonds. The van der Waals surface area contributed by atoms with Crippen LogP contribution in [0.3, 0.4) is 0 Å². The van der Waals surface area contributed by atoms with Crippen molar-refractivity contribution in [3.05, 3.63) is 35.2 Å². The van der Waals surface area contributed by atoms with Gasteiger partial charge in [-0.2, -0.15) is 5.10 Å². The molecule has 0 unspecified atom stereocenters. The van der Waals surface area contributed by atoms with E-state index in [2.05, 4.69) is 53.7 Å². The summed E-state index contributed by atoms with van der Waals surface area (Å²) in [6.45, 7) is 10.1. The van der Waals surface area contributed by atoms with Crippen molar-refractivity contribution in [1.82, 2.24) is 19.3 Å². The Kier molecular flexibility index (Phi) is 3.56. The maximum absolute atomic E-state index is 10.2. The van der Waals surface area contributed by atoms with Gasteiger partial charge in [-0.05, 0) is 45.7 Å².